The van der Waals surface area contributed by atoms with Gasteiger partial charge in [-0.15, -0.1) is 0 Å². The monoisotopic (exact) mass is 114 g/mol. The minimum atomic E-state index is -0.375. The second-order valence-electron chi connectivity index (χ2n) is 1.81. The lowest BCUT2D eigenvalue weighted by molar-refractivity contribution is -0.152. The van der Waals surface area contributed by atoms with Crippen LogP contribution >= 0.6 is 0 Å². The fraction of sp³-hybridized carbons (Fsp3) is 0.600. The van der Waals surface area contributed by atoms with E-state index in [2.05, 4.69) is 4.74 Å². The third kappa shape index (κ3) is 1.05. The van der Waals surface area contributed by atoms with Crippen molar-refractivity contribution in [1.29, 1.82) is 0 Å². The van der Waals surface area contributed by atoms with Crippen molar-refractivity contribution in [2.75, 3.05) is 0 Å². The predicted molar refractivity (Wildman–Crippen MR) is 24.9 cm³/mol. The van der Waals surface area contributed by atoms with Crippen LogP contribution in [-0.4, -0.2) is 12.4 Å². The Morgan fingerprint density at radius 3 is 2.62 bits per heavy atom. The highest BCUT2D eigenvalue weighted by Gasteiger charge is 2.31. The molecule has 0 aliphatic heterocycles. The van der Waals surface area contributed by atoms with E-state index in [0.29, 0.717) is 0 Å². The topological polar surface area (TPSA) is 43.4 Å². The molecule has 3 nitrogen and oxygen atoms in total. The molecular formula is C5H6O3. The lowest BCUT2D eigenvalue weighted by Crippen LogP contribution is -2.03. The van der Waals surface area contributed by atoms with Crippen LogP contribution in [-0.2, 0) is 14.3 Å². The molecular weight excluding hydrogens is 108 g/mol. The summed E-state index contributed by atoms with van der Waals surface area (Å²) >= 11 is 0. The summed E-state index contributed by atoms with van der Waals surface area (Å²) in [4.78, 5) is 19.9. The highest BCUT2D eigenvalue weighted by atomic mass is 16.6. The molecule has 0 radical (unpaired) electrons. The Morgan fingerprint density at radius 2 is 2.25 bits per heavy atom. The second kappa shape index (κ2) is 1.94. The van der Waals surface area contributed by atoms with Gasteiger partial charge in [-0.05, 0) is 12.8 Å². The van der Waals surface area contributed by atoms with Crippen molar-refractivity contribution in [3.8, 4) is 0 Å². The number of rotatable bonds is 2. The normalized spacial score (nSPS) is 17.5. The molecule has 0 saturated heterocycles. The van der Waals surface area contributed by atoms with Gasteiger partial charge in [-0.3, -0.25) is 9.59 Å². The van der Waals surface area contributed by atoms with Gasteiger partial charge in [0.05, 0.1) is 5.92 Å². The van der Waals surface area contributed by atoms with E-state index in [1.807, 2.05) is 0 Å². The average molecular weight is 114 g/mol. The van der Waals surface area contributed by atoms with E-state index in [0.717, 1.165) is 12.8 Å². The van der Waals surface area contributed by atoms with Crippen molar-refractivity contribution in [2.24, 2.45) is 5.92 Å². The van der Waals surface area contributed by atoms with Crippen molar-refractivity contribution in [2.45, 2.75) is 12.8 Å². The van der Waals surface area contributed by atoms with Gasteiger partial charge in [-0.2, -0.15) is 0 Å². The molecule has 0 aromatic rings. The van der Waals surface area contributed by atoms with Crippen LogP contribution in [0.4, 0.5) is 0 Å². The smallest absolute Gasteiger partial charge is 0.316 e. The summed E-state index contributed by atoms with van der Waals surface area (Å²) in [5, 5.41) is 0. The van der Waals surface area contributed by atoms with Crippen LogP contribution in [0.25, 0.3) is 0 Å². The summed E-state index contributed by atoms with van der Waals surface area (Å²) < 4.78 is 4.05. The molecule has 1 rings (SSSR count). The van der Waals surface area contributed by atoms with Gasteiger partial charge in [-0.1, -0.05) is 0 Å². The zero-order valence-electron chi connectivity index (χ0n) is 4.29. The molecule has 1 aliphatic rings. The standard InChI is InChI=1S/C5H6O3/c6-3-8-5(7)4-1-2-4/h3-4H,1-2H2. The van der Waals surface area contributed by atoms with E-state index in [-0.39, 0.29) is 18.4 Å². The molecule has 0 bridgehead atoms. The van der Waals surface area contributed by atoms with Crippen molar-refractivity contribution < 1.29 is 14.3 Å². The summed E-state index contributed by atoms with van der Waals surface area (Å²) in [6, 6.07) is 0. The summed E-state index contributed by atoms with van der Waals surface area (Å²) in [6.45, 7) is 0.181. The van der Waals surface area contributed by atoms with Crippen LogP contribution in [0.2, 0.25) is 0 Å². The molecule has 0 N–H and O–H groups in total. The molecule has 3 heteroatoms. The number of hydrogen-bond donors (Lipinski definition) is 0. The van der Waals surface area contributed by atoms with Gasteiger partial charge >= 0.3 is 12.4 Å². The highest BCUT2D eigenvalue weighted by Crippen LogP contribution is 2.29. The first-order valence-electron chi connectivity index (χ1n) is 2.48. The zero-order chi connectivity index (χ0) is 5.98. The molecule has 44 valence electrons. The van der Waals surface area contributed by atoms with Gasteiger partial charge in [0, 0.05) is 0 Å². The van der Waals surface area contributed by atoms with Crippen molar-refractivity contribution in [3.05, 3.63) is 0 Å². The minimum absolute atomic E-state index is 0.0280. The number of ether oxygens (including phenoxy) is 1. The number of esters is 1. The maximum Gasteiger partial charge on any atom is 0.316 e. The van der Waals surface area contributed by atoms with Gasteiger partial charge < -0.3 is 4.74 Å². The fourth-order valence-corrected chi connectivity index (χ4v) is 0.463. The van der Waals surface area contributed by atoms with E-state index in [9.17, 15) is 9.59 Å². The first-order valence-corrected chi connectivity index (χ1v) is 2.48. The molecule has 0 atom stereocenters. The molecule has 1 saturated carbocycles. The molecule has 0 unspecified atom stereocenters. The Hall–Kier alpha value is -0.860. The average Bonchev–Trinajstić information content (AvgIpc) is 2.45. The zero-order valence-corrected chi connectivity index (χ0v) is 4.29. The van der Waals surface area contributed by atoms with Gasteiger partial charge in [0.2, 0.25) is 0 Å². The van der Waals surface area contributed by atoms with Crippen LogP contribution in [0.15, 0.2) is 0 Å². The van der Waals surface area contributed by atoms with E-state index >= 15 is 0 Å². The first-order chi connectivity index (χ1) is 3.84. The summed E-state index contributed by atoms with van der Waals surface area (Å²) in [5.74, 6) is -0.347. The van der Waals surface area contributed by atoms with Crippen molar-refractivity contribution >= 4 is 12.4 Å². The maximum absolute atomic E-state index is 10.4. The Kier molecular flexibility index (Phi) is 1.28. The van der Waals surface area contributed by atoms with Gasteiger partial charge in [0.1, 0.15) is 0 Å². The minimum Gasteiger partial charge on any atom is -0.395 e. The molecule has 0 heterocycles. The molecule has 0 spiro atoms. The van der Waals surface area contributed by atoms with Crippen molar-refractivity contribution in [1.82, 2.24) is 0 Å². The van der Waals surface area contributed by atoms with Gasteiger partial charge in [0.15, 0.2) is 0 Å². The lowest BCUT2D eigenvalue weighted by atomic mass is 10.4. The van der Waals surface area contributed by atoms with E-state index < -0.39 is 0 Å². The molecule has 1 aliphatic carbocycles. The quantitative estimate of drug-likeness (QED) is 0.290. The third-order valence-electron chi connectivity index (χ3n) is 1.07. The van der Waals surface area contributed by atoms with Crippen LogP contribution in [0, 0.1) is 5.92 Å². The highest BCUT2D eigenvalue weighted by molar-refractivity contribution is 5.80. The third-order valence-corrected chi connectivity index (χ3v) is 1.07. The molecule has 1 fully saturated rings. The maximum atomic E-state index is 10.4. The van der Waals surface area contributed by atoms with E-state index in [1.54, 1.807) is 0 Å². The molecule has 0 aromatic carbocycles. The Bertz CT molecular complexity index is 115. The Morgan fingerprint density at radius 1 is 1.62 bits per heavy atom. The lowest BCUT2D eigenvalue weighted by Gasteiger charge is -1.87. The summed E-state index contributed by atoms with van der Waals surface area (Å²) in [5.41, 5.74) is 0. The van der Waals surface area contributed by atoms with Crippen LogP contribution in [0.1, 0.15) is 12.8 Å². The van der Waals surface area contributed by atoms with Crippen LogP contribution in [0.5, 0.6) is 0 Å². The molecule has 0 aromatic heterocycles. The van der Waals surface area contributed by atoms with E-state index in [1.165, 1.54) is 0 Å². The SMILES string of the molecule is O=COC(=O)C1CC1. The largest absolute Gasteiger partial charge is 0.395 e. The Balaban J connectivity index is 2.22. The summed E-state index contributed by atoms with van der Waals surface area (Å²) in [6.07, 6.45) is 1.76. The van der Waals surface area contributed by atoms with Gasteiger partial charge in [-0.25, -0.2) is 0 Å². The number of hydrogen-bond acceptors (Lipinski definition) is 3. The van der Waals surface area contributed by atoms with Gasteiger partial charge in [0.25, 0.3) is 0 Å². The Labute approximate surface area is 46.6 Å². The van der Waals surface area contributed by atoms with Crippen LogP contribution < -0.4 is 0 Å². The summed E-state index contributed by atoms with van der Waals surface area (Å²) in [7, 11) is 0. The number of carbonyl (C=O) groups is 2. The first kappa shape index (κ1) is 5.28. The second-order valence-corrected chi connectivity index (χ2v) is 1.81. The predicted octanol–water partition coefficient (Wildman–Crippen LogP) is 0.0960. The van der Waals surface area contributed by atoms with Crippen LogP contribution in [0.3, 0.4) is 0 Å². The fourth-order valence-electron chi connectivity index (χ4n) is 0.463. The molecule has 8 heavy (non-hydrogen) atoms. The molecule has 0 amide bonds. The number of carbonyl (C=O) groups excluding carboxylic acids is 2. The van der Waals surface area contributed by atoms with E-state index in [4.69, 9.17) is 0 Å². The van der Waals surface area contributed by atoms with Crippen molar-refractivity contribution in [3.63, 3.8) is 0 Å².